The molecular formula is C19H23N5O2. The zero-order valence-corrected chi connectivity index (χ0v) is 15.6. The van der Waals surface area contributed by atoms with Crippen molar-refractivity contribution in [1.29, 1.82) is 0 Å². The van der Waals surface area contributed by atoms with Crippen molar-refractivity contribution in [2.45, 2.75) is 33.9 Å². The molecule has 7 nitrogen and oxygen atoms in total. The van der Waals surface area contributed by atoms with Gasteiger partial charge in [0, 0.05) is 36.2 Å². The number of tetrazole rings is 1. The van der Waals surface area contributed by atoms with Gasteiger partial charge in [0.1, 0.15) is 6.54 Å². The Bertz CT molecular complexity index is 926. The number of Topliss-reactive ketones (excluding diaryl/α,β-unsaturated/α-hetero) is 1. The van der Waals surface area contributed by atoms with Crippen molar-refractivity contribution >= 4 is 5.78 Å². The Morgan fingerprint density at radius 2 is 1.96 bits per heavy atom. The summed E-state index contributed by atoms with van der Waals surface area (Å²) in [6, 6.07) is 9.75. The third kappa shape index (κ3) is 3.57. The molecule has 26 heavy (non-hydrogen) atoms. The van der Waals surface area contributed by atoms with E-state index < -0.39 is 0 Å². The molecule has 0 saturated heterocycles. The summed E-state index contributed by atoms with van der Waals surface area (Å²) in [6.45, 7) is 7.32. The summed E-state index contributed by atoms with van der Waals surface area (Å²) in [5, 5.41) is 12.5. The molecule has 0 aliphatic rings. The smallest absolute Gasteiger partial charge is 0.205 e. The number of aromatic nitrogens is 5. The number of ketones is 1. The van der Waals surface area contributed by atoms with E-state index in [1.165, 1.54) is 4.80 Å². The average Bonchev–Trinajstić information content (AvgIpc) is 3.18. The second kappa shape index (κ2) is 7.61. The van der Waals surface area contributed by atoms with Gasteiger partial charge in [0.05, 0.1) is 6.61 Å². The molecule has 0 amide bonds. The minimum Gasteiger partial charge on any atom is -0.383 e. The van der Waals surface area contributed by atoms with Crippen LogP contribution in [0.1, 0.15) is 27.3 Å². The number of methoxy groups -OCH3 is 1. The molecule has 0 spiro atoms. The van der Waals surface area contributed by atoms with E-state index in [0.717, 1.165) is 29.1 Å². The molecule has 0 atom stereocenters. The summed E-state index contributed by atoms with van der Waals surface area (Å²) in [5.41, 5.74) is 4.65. The fourth-order valence-electron chi connectivity index (χ4n) is 3.07. The number of carbonyl (C=O) groups excluding carboxylic acids is 1. The van der Waals surface area contributed by atoms with Crippen LogP contribution in [0.4, 0.5) is 0 Å². The Hall–Kier alpha value is -2.80. The van der Waals surface area contributed by atoms with Crippen LogP contribution in [0.5, 0.6) is 0 Å². The molecular weight excluding hydrogens is 330 g/mol. The Morgan fingerprint density at radius 3 is 2.69 bits per heavy atom. The average molecular weight is 353 g/mol. The van der Waals surface area contributed by atoms with Gasteiger partial charge < -0.3 is 9.30 Å². The van der Waals surface area contributed by atoms with Crippen LogP contribution in [0, 0.1) is 20.8 Å². The molecule has 3 rings (SSSR count). The zero-order chi connectivity index (χ0) is 18.7. The van der Waals surface area contributed by atoms with Crippen LogP contribution in [0.3, 0.4) is 0 Å². The number of benzene rings is 1. The van der Waals surface area contributed by atoms with Crippen LogP contribution in [-0.2, 0) is 17.8 Å². The maximum absolute atomic E-state index is 12.7. The van der Waals surface area contributed by atoms with Gasteiger partial charge in [-0.3, -0.25) is 4.79 Å². The van der Waals surface area contributed by atoms with E-state index in [1.54, 1.807) is 7.11 Å². The molecule has 7 heteroatoms. The molecule has 0 bridgehead atoms. The van der Waals surface area contributed by atoms with Gasteiger partial charge in [-0.05, 0) is 37.6 Å². The minimum atomic E-state index is -0.0319. The van der Waals surface area contributed by atoms with Crippen molar-refractivity contribution in [1.82, 2.24) is 24.8 Å². The molecule has 136 valence electrons. The number of aryl methyl sites for hydroxylation is 2. The fourth-order valence-corrected chi connectivity index (χ4v) is 3.07. The lowest BCUT2D eigenvalue weighted by atomic mass is 10.1. The highest BCUT2D eigenvalue weighted by Gasteiger charge is 2.17. The van der Waals surface area contributed by atoms with Crippen molar-refractivity contribution in [3.05, 3.63) is 52.8 Å². The second-order valence-electron chi connectivity index (χ2n) is 6.31. The van der Waals surface area contributed by atoms with Gasteiger partial charge in [-0.25, -0.2) is 0 Å². The molecule has 2 aromatic heterocycles. The minimum absolute atomic E-state index is 0.0319. The first-order valence-corrected chi connectivity index (χ1v) is 8.54. The third-order valence-electron chi connectivity index (χ3n) is 4.52. The molecule has 0 unspecified atom stereocenters. The molecule has 0 aliphatic carbocycles. The fraction of sp³-hybridized carbons (Fsp3) is 0.368. The molecule has 0 fully saturated rings. The quantitative estimate of drug-likeness (QED) is 0.610. The first-order chi connectivity index (χ1) is 12.5. The second-order valence-corrected chi connectivity index (χ2v) is 6.31. The highest BCUT2D eigenvalue weighted by Crippen LogP contribution is 2.19. The lowest BCUT2D eigenvalue weighted by Crippen LogP contribution is -2.14. The van der Waals surface area contributed by atoms with Gasteiger partial charge in [-0.1, -0.05) is 24.3 Å². The Balaban J connectivity index is 1.78. The molecule has 1 aromatic carbocycles. The van der Waals surface area contributed by atoms with E-state index in [1.807, 2.05) is 51.1 Å². The van der Waals surface area contributed by atoms with Crippen molar-refractivity contribution in [2.24, 2.45) is 0 Å². The van der Waals surface area contributed by atoms with Crippen molar-refractivity contribution in [3.63, 3.8) is 0 Å². The van der Waals surface area contributed by atoms with Crippen LogP contribution in [0.2, 0.25) is 0 Å². The van der Waals surface area contributed by atoms with E-state index in [4.69, 9.17) is 4.74 Å². The van der Waals surface area contributed by atoms with Gasteiger partial charge in [0.25, 0.3) is 0 Å². The Kier molecular flexibility index (Phi) is 5.27. The highest BCUT2D eigenvalue weighted by atomic mass is 16.5. The normalized spacial score (nSPS) is 11.1. The largest absolute Gasteiger partial charge is 0.383 e. The first kappa shape index (κ1) is 18.0. The van der Waals surface area contributed by atoms with Gasteiger partial charge in [-0.15, -0.1) is 10.2 Å². The maximum Gasteiger partial charge on any atom is 0.205 e. The van der Waals surface area contributed by atoms with Crippen molar-refractivity contribution in [2.75, 3.05) is 13.7 Å². The molecule has 0 N–H and O–H groups in total. The van der Waals surface area contributed by atoms with E-state index in [2.05, 4.69) is 20.0 Å². The van der Waals surface area contributed by atoms with Crippen molar-refractivity contribution < 1.29 is 9.53 Å². The number of rotatable bonds is 7. The zero-order valence-electron chi connectivity index (χ0n) is 15.6. The molecule has 0 aliphatic heterocycles. The van der Waals surface area contributed by atoms with Gasteiger partial charge in [0.2, 0.25) is 5.82 Å². The van der Waals surface area contributed by atoms with Gasteiger partial charge in [0.15, 0.2) is 5.78 Å². The topological polar surface area (TPSA) is 74.8 Å². The van der Waals surface area contributed by atoms with Crippen LogP contribution >= 0.6 is 0 Å². The first-order valence-electron chi connectivity index (χ1n) is 8.54. The van der Waals surface area contributed by atoms with Crippen LogP contribution < -0.4 is 0 Å². The van der Waals surface area contributed by atoms with E-state index >= 15 is 0 Å². The molecule has 0 radical (unpaired) electrons. The highest BCUT2D eigenvalue weighted by molar-refractivity contribution is 5.97. The Morgan fingerprint density at radius 1 is 1.19 bits per heavy atom. The lowest BCUT2D eigenvalue weighted by molar-refractivity contribution is 0.0960. The summed E-state index contributed by atoms with van der Waals surface area (Å²) in [5.74, 6) is 0.497. The van der Waals surface area contributed by atoms with E-state index in [0.29, 0.717) is 18.0 Å². The van der Waals surface area contributed by atoms with Gasteiger partial charge >= 0.3 is 0 Å². The number of hydrogen-bond acceptors (Lipinski definition) is 5. The van der Waals surface area contributed by atoms with E-state index in [-0.39, 0.29) is 12.3 Å². The van der Waals surface area contributed by atoms with Gasteiger partial charge in [-0.2, -0.15) is 4.80 Å². The summed E-state index contributed by atoms with van der Waals surface area (Å²) >= 11 is 0. The molecule has 0 saturated carbocycles. The SMILES string of the molecule is COCCn1c(C)cc(C(=O)Cn2nnc(-c3ccccc3C)n2)c1C. The molecule has 3 aromatic rings. The summed E-state index contributed by atoms with van der Waals surface area (Å²) in [7, 11) is 1.67. The number of carbonyl (C=O) groups is 1. The predicted molar refractivity (Wildman–Crippen MR) is 98.1 cm³/mol. The van der Waals surface area contributed by atoms with Crippen LogP contribution in [0.25, 0.3) is 11.4 Å². The standard InChI is InChI=1S/C19H23N5O2/c1-13-7-5-6-8-16(13)19-20-22-24(21-19)12-18(25)17-11-14(2)23(15(17)3)9-10-26-4/h5-8,11H,9-10,12H2,1-4H3. The number of ether oxygens (including phenoxy) is 1. The van der Waals surface area contributed by atoms with Crippen LogP contribution in [-0.4, -0.2) is 44.3 Å². The Labute approximate surface area is 152 Å². The monoisotopic (exact) mass is 353 g/mol. The summed E-state index contributed by atoms with van der Waals surface area (Å²) in [6.07, 6.45) is 0. The maximum atomic E-state index is 12.7. The number of nitrogens with zero attached hydrogens (tertiary/aromatic N) is 5. The predicted octanol–water partition coefficient (Wildman–Crippen LogP) is 2.60. The summed E-state index contributed by atoms with van der Waals surface area (Å²) in [4.78, 5) is 14.1. The van der Waals surface area contributed by atoms with Crippen LogP contribution in [0.15, 0.2) is 30.3 Å². The molecule has 2 heterocycles. The summed E-state index contributed by atoms with van der Waals surface area (Å²) < 4.78 is 7.22. The number of hydrogen-bond donors (Lipinski definition) is 0. The van der Waals surface area contributed by atoms with E-state index in [9.17, 15) is 4.79 Å². The third-order valence-corrected chi connectivity index (χ3v) is 4.52. The lowest BCUT2D eigenvalue weighted by Gasteiger charge is -2.08. The van der Waals surface area contributed by atoms with Crippen molar-refractivity contribution in [3.8, 4) is 11.4 Å².